The lowest BCUT2D eigenvalue weighted by molar-refractivity contribution is 0.0928. The van der Waals surface area contributed by atoms with Crippen LogP contribution in [-0.4, -0.2) is 24.0 Å². The number of hydrogen-bond acceptors (Lipinski definition) is 1. The van der Waals surface area contributed by atoms with Crippen molar-refractivity contribution in [2.24, 2.45) is 5.92 Å². The van der Waals surface area contributed by atoms with Gasteiger partial charge in [0.15, 0.2) is 0 Å². The van der Waals surface area contributed by atoms with Crippen LogP contribution in [0.4, 0.5) is 0 Å². The summed E-state index contributed by atoms with van der Waals surface area (Å²) in [5.74, 6) is 0.949. The SMILES string of the molecule is CC1CCN(C2CCC(C)(c3ccccc3)CC2)CC1. The van der Waals surface area contributed by atoms with Crippen LogP contribution in [0.1, 0.15) is 57.9 Å². The predicted octanol–water partition coefficient (Wildman–Crippen LogP) is 4.62. The van der Waals surface area contributed by atoms with E-state index >= 15 is 0 Å². The summed E-state index contributed by atoms with van der Waals surface area (Å²) in [5, 5.41) is 0. The Bertz CT molecular complexity index is 409. The van der Waals surface area contributed by atoms with Crippen molar-refractivity contribution in [1.82, 2.24) is 4.90 Å². The van der Waals surface area contributed by atoms with Crippen molar-refractivity contribution in [2.45, 2.75) is 63.8 Å². The largest absolute Gasteiger partial charge is 0.300 e. The maximum atomic E-state index is 2.78. The molecule has 110 valence electrons. The van der Waals surface area contributed by atoms with Crippen molar-refractivity contribution >= 4 is 0 Å². The van der Waals surface area contributed by atoms with E-state index < -0.39 is 0 Å². The second-order valence-corrected chi connectivity index (χ2v) is 7.38. The molecule has 0 unspecified atom stereocenters. The van der Waals surface area contributed by atoms with Gasteiger partial charge in [0.1, 0.15) is 0 Å². The molecule has 1 aliphatic heterocycles. The van der Waals surface area contributed by atoms with Gasteiger partial charge in [-0.15, -0.1) is 0 Å². The molecule has 1 heteroatoms. The van der Waals surface area contributed by atoms with Crippen molar-refractivity contribution in [2.75, 3.05) is 13.1 Å². The second-order valence-electron chi connectivity index (χ2n) is 7.38. The molecule has 2 fully saturated rings. The standard InChI is InChI=1S/C19H29N/c1-16-10-14-20(15-11-16)18-8-12-19(2,13-9-18)17-6-4-3-5-7-17/h3-7,16,18H,8-15H2,1-2H3. The summed E-state index contributed by atoms with van der Waals surface area (Å²) in [5.41, 5.74) is 1.96. The minimum absolute atomic E-state index is 0.417. The Balaban J connectivity index is 1.59. The van der Waals surface area contributed by atoms with Gasteiger partial charge in [-0.3, -0.25) is 0 Å². The molecular weight excluding hydrogens is 242 g/mol. The highest BCUT2D eigenvalue weighted by atomic mass is 15.2. The smallest absolute Gasteiger partial charge is 0.00958 e. The molecular formula is C19H29N. The molecule has 0 radical (unpaired) electrons. The van der Waals surface area contributed by atoms with Gasteiger partial charge in [-0.05, 0) is 68.5 Å². The van der Waals surface area contributed by atoms with E-state index in [-0.39, 0.29) is 0 Å². The van der Waals surface area contributed by atoms with Crippen molar-refractivity contribution < 1.29 is 0 Å². The fourth-order valence-corrected chi connectivity index (χ4v) is 4.13. The Morgan fingerprint density at radius 3 is 2.15 bits per heavy atom. The number of rotatable bonds is 2. The molecule has 0 N–H and O–H groups in total. The molecule has 1 aromatic rings. The monoisotopic (exact) mass is 271 g/mol. The maximum absolute atomic E-state index is 2.78. The van der Waals surface area contributed by atoms with Crippen LogP contribution in [0.15, 0.2) is 30.3 Å². The van der Waals surface area contributed by atoms with E-state index in [9.17, 15) is 0 Å². The van der Waals surface area contributed by atoms with Gasteiger partial charge in [-0.2, -0.15) is 0 Å². The zero-order valence-electron chi connectivity index (χ0n) is 13.1. The van der Waals surface area contributed by atoms with Crippen molar-refractivity contribution in [1.29, 1.82) is 0 Å². The summed E-state index contributed by atoms with van der Waals surface area (Å²) in [6.07, 6.45) is 8.31. The normalized spacial score (nSPS) is 33.2. The van der Waals surface area contributed by atoms with Crippen molar-refractivity contribution in [3.63, 3.8) is 0 Å². The molecule has 0 bridgehead atoms. The molecule has 0 atom stereocenters. The topological polar surface area (TPSA) is 3.24 Å². The summed E-state index contributed by atoms with van der Waals surface area (Å²) >= 11 is 0. The van der Waals surface area contributed by atoms with Crippen LogP contribution >= 0.6 is 0 Å². The van der Waals surface area contributed by atoms with E-state index in [2.05, 4.69) is 49.1 Å². The van der Waals surface area contributed by atoms with E-state index in [0.29, 0.717) is 5.41 Å². The van der Waals surface area contributed by atoms with Crippen LogP contribution in [0.25, 0.3) is 0 Å². The molecule has 2 aliphatic rings. The van der Waals surface area contributed by atoms with Gasteiger partial charge in [-0.25, -0.2) is 0 Å². The molecule has 0 aromatic heterocycles. The minimum Gasteiger partial charge on any atom is -0.300 e. The molecule has 3 rings (SSSR count). The zero-order chi connectivity index (χ0) is 14.0. The number of likely N-dealkylation sites (tertiary alicyclic amines) is 1. The minimum atomic E-state index is 0.417. The van der Waals surface area contributed by atoms with Crippen LogP contribution in [0.2, 0.25) is 0 Å². The summed E-state index contributed by atoms with van der Waals surface area (Å²) in [7, 11) is 0. The molecule has 1 aliphatic carbocycles. The van der Waals surface area contributed by atoms with E-state index in [0.717, 1.165) is 12.0 Å². The average Bonchev–Trinajstić information content (AvgIpc) is 2.50. The Morgan fingerprint density at radius 1 is 0.950 bits per heavy atom. The average molecular weight is 271 g/mol. The summed E-state index contributed by atoms with van der Waals surface area (Å²) in [4.78, 5) is 2.78. The molecule has 0 spiro atoms. The highest BCUT2D eigenvalue weighted by Crippen LogP contribution is 2.40. The van der Waals surface area contributed by atoms with Crippen LogP contribution in [0.5, 0.6) is 0 Å². The lowest BCUT2D eigenvalue weighted by atomic mass is 9.69. The van der Waals surface area contributed by atoms with Gasteiger partial charge in [0, 0.05) is 6.04 Å². The predicted molar refractivity (Wildman–Crippen MR) is 86.0 cm³/mol. The molecule has 0 amide bonds. The maximum Gasteiger partial charge on any atom is 0.00958 e. The zero-order valence-corrected chi connectivity index (χ0v) is 13.1. The van der Waals surface area contributed by atoms with Gasteiger partial charge in [0.05, 0.1) is 0 Å². The second kappa shape index (κ2) is 5.89. The highest BCUT2D eigenvalue weighted by Gasteiger charge is 2.35. The fourth-order valence-electron chi connectivity index (χ4n) is 4.13. The van der Waals surface area contributed by atoms with E-state index in [1.165, 1.54) is 51.6 Å². The third-order valence-corrected chi connectivity index (χ3v) is 5.86. The van der Waals surface area contributed by atoms with Crippen LogP contribution in [-0.2, 0) is 5.41 Å². The first-order chi connectivity index (χ1) is 9.67. The highest BCUT2D eigenvalue weighted by molar-refractivity contribution is 5.25. The lowest BCUT2D eigenvalue weighted by Crippen LogP contribution is -2.45. The Hall–Kier alpha value is -0.820. The Kier molecular flexibility index (Phi) is 4.16. The van der Waals surface area contributed by atoms with E-state index in [1.807, 2.05) is 0 Å². The van der Waals surface area contributed by atoms with Gasteiger partial charge in [-0.1, -0.05) is 44.2 Å². The Labute approximate surface area is 124 Å². The van der Waals surface area contributed by atoms with Crippen LogP contribution in [0, 0.1) is 5.92 Å². The number of hydrogen-bond donors (Lipinski definition) is 0. The fraction of sp³-hybridized carbons (Fsp3) is 0.684. The number of nitrogens with zero attached hydrogens (tertiary/aromatic N) is 1. The van der Waals surface area contributed by atoms with Gasteiger partial charge >= 0.3 is 0 Å². The molecule has 1 saturated carbocycles. The quantitative estimate of drug-likeness (QED) is 0.758. The third kappa shape index (κ3) is 2.93. The lowest BCUT2D eigenvalue weighted by Gasteiger charge is -2.44. The molecule has 1 aromatic carbocycles. The first-order valence-corrected chi connectivity index (χ1v) is 8.47. The summed E-state index contributed by atoms with van der Waals surface area (Å²) in [6.45, 7) is 7.56. The number of benzene rings is 1. The summed E-state index contributed by atoms with van der Waals surface area (Å²) < 4.78 is 0. The van der Waals surface area contributed by atoms with E-state index in [1.54, 1.807) is 5.56 Å². The molecule has 1 nitrogen and oxygen atoms in total. The van der Waals surface area contributed by atoms with Gasteiger partial charge < -0.3 is 4.90 Å². The molecule has 20 heavy (non-hydrogen) atoms. The van der Waals surface area contributed by atoms with Gasteiger partial charge in [0.25, 0.3) is 0 Å². The van der Waals surface area contributed by atoms with E-state index in [4.69, 9.17) is 0 Å². The first-order valence-electron chi connectivity index (χ1n) is 8.47. The first kappa shape index (κ1) is 14.1. The van der Waals surface area contributed by atoms with Crippen LogP contribution < -0.4 is 0 Å². The van der Waals surface area contributed by atoms with Gasteiger partial charge in [0.2, 0.25) is 0 Å². The van der Waals surface area contributed by atoms with Crippen molar-refractivity contribution in [3.8, 4) is 0 Å². The van der Waals surface area contributed by atoms with Crippen molar-refractivity contribution in [3.05, 3.63) is 35.9 Å². The molecule has 1 heterocycles. The molecule has 1 saturated heterocycles. The van der Waals surface area contributed by atoms with Crippen LogP contribution in [0.3, 0.4) is 0 Å². The number of piperidine rings is 1. The third-order valence-electron chi connectivity index (χ3n) is 5.86. The Morgan fingerprint density at radius 2 is 1.55 bits per heavy atom. The summed E-state index contributed by atoms with van der Waals surface area (Å²) in [6, 6.07) is 12.0.